The molecule has 2 aromatic rings. The van der Waals surface area contributed by atoms with Crippen LogP contribution in [0, 0.1) is 0 Å². The van der Waals surface area contributed by atoms with Crippen LogP contribution in [0.3, 0.4) is 0 Å². The van der Waals surface area contributed by atoms with Crippen molar-refractivity contribution in [3.63, 3.8) is 0 Å². The van der Waals surface area contributed by atoms with E-state index in [0.717, 1.165) is 48.6 Å². The molecular formula is C26H39NaO3S. The Hall–Kier alpha value is -0.390. The van der Waals surface area contributed by atoms with Crippen LogP contribution in [0.1, 0.15) is 102 Å². The quantitative estimate of drug-likeness (QED) is 0.225. The summed E-state index contributed by atoms with van der Waals surface area (Å²) < 4.78 is 36.5. The van der Waals surface area contributed by atoms with Gasteiger partial charge >= 0.3 is 29.6 Å². The van der Waals surface area contributed by atoms with E-state index in [2.05, 4.69) is 19.9 Å². The first-order chi connectivity index (χ1) is 14.5. The summed E-state index contributed by atoms with van der Waals surface area (Å²) in [6.45, 7) is 4.34. The first-order valence-corrected chi connectivity index (χ1v) is 13.4. The molecule has 0 amide bonds. The van der Waals surface area contributed by atoms with E-state index in [1.165, 1.54) is 51.4 Å². The summed E-state index contributed by atoms with van der Waals surface area (Å²) in [4.78, 5) is 0.0242. The van der Waals surface area contributed by atoms with Crippen molar-refractivity contribution in [1.82, 2.24) is 0 Å². The standard InChI is InChI=1S/C26H40O3S.Na/c1-3-5-7-8-9-10-11-12-13-14-17-22-21-23-18-15-16-20-25(23)26(30(27,28)29)24(22)19-6-4-2;/h15-16,18,20-21H,3-14,17,19H2,1-2H3,(H,27,28,29);/q;+1/p-1. The molecule has 3 nitrogen and oxygen atoms in total. The van der Waals surface area contributed by atoms with E-state index in [1.807, 2.05) is 18.2 Å². The average molecular weight is 455 g/mol. The van der Waals surface area contributed by atoms with Crippen molar-refractivity contribution in [2.45, 2.75) is 109 Å². The molecule has 0 fully saturated rings. The van der Waals surface area contributed by atoms with Crippen LogP contribution < -0.4 is 29.6 Å². The third-order valence-corrected chi connectivity index (χ3v) is 6.99. The number of unbranched alkanes of at least 4 members (excludes halogenated alkanes) is 10. The Balaban J connectivity index is 0.00000480. The molecule has 5 heteroatoms. The monoisotopic (exact) mass is 454 g/mol. The van der Waals surface area contributed by atoms with Crippen LogP contribution in [0.25, 0.3) is 10.8 Å². The molecule has 0 unspecified atom stereocenters. The summed E-state index contributed by atoms with van der Waals surface area (Å²) in [6.07, 6.45) is 16.1. The Morgan fingerprint density at radius 3 is 1.87 bits per heavy atom. The first-order valence-electron chi connectivity index (χ1n) is 12.0. The van der Waals surface area contributed by atoms with E-state index < -0.39 is 10.1 Å². The van der Waals surface area contributed by atoms with Gasteiger partial charge in [-0.25, -0.2) is 8.42 Å². The maximum Gasteiger partial charge on any atom is 1.00 e. The van der Waals surface area contributed by atoms with E-state index in [-0.39, 0.29) is 34.5 Å². The van der Waals surface area contributed by atoms with Crippen LogP contribution in [0.2, 0.25) is 0 Å². The van der Waals surface area contributed by atoms with Crippen LogP contribution in [0.15, 0.2) is 35.2 Å². The molecule has 0 saturated heterocycles. The number of hydrogen-bond donors (Lipinski definition) is 0. The minimum atomic E-state index is -4.52. The number of hydrogen-bond acceptors (Lipinski definition) is 3. The average Bonchev–Trinajstić information content (AvgIpc) is 2.72. The molecule has 2 rings (SSSR count). The van der Waals surface area contributed by atoms with Crippen molar-refractivity contribution in [3.05, 3.63) is 41.5 Å². The van der Waals surface area contributed by atoms with Crippen molar-refractivity contribution >= 4 is 20.9 Å². The number of fused-ring (bicyclic) bond motifs is 1. The maximum atomic E-state index is 12.2. The number of aryl methyl sites for hydroxylation is 1. The molecular weight excluding hydrogens is 415 g/mol. The first kappa shape index (κ1) is 28.6. The van der Waals surface area contributed by atoms with Crippen LogP contribution in [0.4, 0.5) is 0 Å². The summed E-state index contributed by atoms with van der Waals surface area (Å²) in [7, 11) is -4.52. The van der Waals surface area contributed by atoms with Gasteiger partial charge in [0, 0.05) is 0 Å². The molecule has 0 spiro atoms. The third kappa shape index (κ3) is 9.55. The zero-order valence-electron chi connectivity index (χ0n) is 19.9. The Morgan fingerprint density at radius 2 is 1.29 bits per heavy atom. The van der Waals surface area contributed by atoms with E-state index in [9.17, 15) is 13.0 Å². The summed E-state index contributed by atoms with van der Waals surface area (Å²) in [6, 6.07) is 9.50. The molecule has 0 aliphatic heterocycles. The molecule has 0 saturated carbocycles. The normalized spacial score (nSPS) is 11.6. The molecule has 0 bridgehead atoms. The second-order valence-electron chi connectivity index (χ2n) is 8.55. The molecule has 2 aromatic carbocycles. The SMILES string of the molecule is CCCCCCCCCCCCc1cc2ccccc2c(S(=O)(=O)[O-])c1CCCC.[Na+]. The number of rotatable bonds is 15. The molecule has 168 valence electrons. The molecule has 31 heavy (non-hydrogen) atoms. The topological polar surface area (TPSA) is 57.2 Å². The zero-order chi connectivity index (χ0) is 21.8. The molecule has 0 radical (unpaired) electrons. The summed E-state index contributed by atoms with van der Waals surface area (Å²) in [5.74, 6) is 0. The van der Waals surface area contributed by atoms with Gasteiger partial charge in [0.1, 0.15) is 10.1 Å². The van der Waals surface area contributed by atoms with Gasteiger partial charge in [0.15, 0.2) is 0 Å². The van der Waals surface area contributed by atoms with Crippen molar-refractivity contribution in [2.24, 2.45) is 0 Å². The van der Waals surface area contributed by atoms with E-state index >= 15 is 0 Å². The molecule has 0 heterocycles. The van der Waals surface area contributed by atoms with E-state index in [1.54, 1.807) is 6.07 Å². The second-order valence-corrected chi connectivity index (χ2v) is 9.87. The van der Waals surface area contributed by atoms with E-state index in [0.29, 0.717) is 11.8 Å². The van der Waals surface area contributed by atoms with Gasteiger partial charge in [-0.05, 0) is 47.6 Å². The molecule has 0 N–H and O–H groups in total. The molecule has 0 aliphatic carbocycles. The minimum Gasteiger partial charge on any atom is -0.744 e. The van der Waals surface area contributed by atoms with Gasteiger partial charge in [0.25, 0.3) is 0 Å². The Kier molecular flexibility index (Phi) is 14.3. The Morgan fingerprint density at radius 1 is 0.742 bits per heavy atom. The number of benzene rings is 2. The fourth-order valence-corrected chi connectivity index (χ4v) is 5.34. The van der Waals surface area contributed by atoms with Gasteiger partial charge in [-0.3, -0.25) is 0 Å². The fourth-order valence-electron chi connectivity index (χ4n) is 4.35. The third-order valence-electron chi connectivity index (χ3n) is 6.03. The molecule has 0 aromatic heterocycles. The smallest absolute Gasteiger partial charge is 0.744 e. The van der Waals surface area contributed by atoms with Crippen LogP contribution in [-0.2, 0) is 23.0 Å². The van der Waals surface area contributed by atoms with Crippen molar-refractivity contribution in [1.29, 1.82) is 0 Å². The van der Waals surface area contributed by atoms with Crippen molar-refractivity contribution in [2.75, 3.05) is 0 Å². The summed E-state index contributed by atoms with van der Waals surface area (Å²) in [5, 5.41) is 1.43. The zero-order valence-corrected chi connectivity index (χ0v) is 22.7. The maximum absolute atomic E-state index is 12.2. The fraction of sp³-hybridized carbons (Fsp3) is 0.615. The minimum absolute atomic E-state index is 0. The Bertz CT molecular complexity index is 878. The molecule has 0 aliphatic rings. The predicted octanol–water partition coefficient (Wildman–Crippen LogP) is 4.55. The second kappa shape index (κ2) is 15.4. The summed E-state index contributed by atoms with van der Waals surface area (Å²) >= 11 is 0. The largest absolute Gasteiger partial charge is 1.00 e. The predicted molar refractivity (Wildman–Crippen MR) is 126 cm³/mol. The van der Waals surface area contributed by atoms with Gasteiger partial charge in [-0.1, -0.05) is 108 Å². The van der Waals surface area contributed by atoms with Crippen LogP contribution in [0.5, 0.6) is 0 Å². The van der Waals surface area contributed by atoms with Gasteiger partial charge in [-0.2, -0.15) is 0 Å². The van der Waals surface area contributed by atoms with Crippen molar-refractivity contribution < 1.29 is 42.5 Å². The molecule has 0 atom stereocenters. The van der Waals surface area contributed by atoms with Gasteiger partial charge in [-0.15, -0.1) is 0 Å². The van der Waals surface area contributed by atoms with Gasteiger partial charge in [0.05, 0.1) is 4.90 Å². The van der Waals surface area contributed by atoms with Gasteiger partial charge in [0.2, 0.25) is 0 Å². The van der Waals surface area contributed by atoms with Crippen LogP contribution in [-0.4, -0.2) is 13.0 Å². The van der Waals surface area contributed by atoms with E-state index in [4.69, 9.17) is 0 Å². The Labute approximate surface area is 212 Å². The van der Waals surface area contributed by atoms with Gasteiger partial charge < -0.3 is 4.55 Å². The van der Waals surface area contributed by atoms with Crippen LogP contribution >= 0.6 is 0 Å². The van der Waals surface area contributed by atoms with Crippen molar-refractivity contribution in [3.8, 4) is 0 Å². The summed E-state index contributed by atoms with van der Waals surface area (Å²) in [5.41, 5.74) is 1.82.